The molecule has 5 nitrogen and oxygen atoms in total. The summed E-state index contributed by atoms with van der Waals surface area (Å²) in [5, 5.41) is 17.9. The van der Waals surface area contributed by atoms with E-state index in [0.29, 0.717) is 5.56 Å². The second-order valence-corrected chi connectivity index (χ2v) is 2.78. The Morgan fingerprint density at radius 1 is 1.38 bits per heavy atom. The Hall–Kier alpha value is -2.48. The molecule has 5 heteroatoms. The molecule has 0 spiro atoms. The summed E-state index contributed by atoms with van der Waals surface area (Å²) in [5.74, 6) is 2.23. The summed E-state index contributed by atoms with van der Waals surface area (Å²) in [7, 11) is 1.19. The molecule has 0 fully saturated rings. The van der Waals surface area contributed by atoms with E-state index >= 15 is 0 Å². The SMILES string of the molecule is COC(=O)C#Cc1ccc(O)c(C(=O)O)c1. The van der Waals surface area contributed by atoms with E-state index in [-0.39, 0.29) is 11.3 Å². The summed E-state index contributed by atoms with van der Waals surface area (Å²) in [6.07, 6.45) is 0. The molecule has 1 rings (SSSR count). The van der Waals surface area contributed by atoms with E-state index in [4.69, 9.17) is 5.11 Å². The minimum absolute atomic E-state index is 0.267. The van der Waals surface area contributed by atoms with Crippen LogP contribution in [0.3, 0.4) is 0 Å². The van der Waals surface area contributed by atoms with Crippen LogP contribution in [-0.4, -0.2) is 29.3 Å². The van der Waals surface area contributed by atoms with Gasteiger partial charge in [-0.15, -0.1) is 0 Å². The lowest BCUT2D eigenvalue weighted by atomic mass is 10.1. The largest absolute Gasteiger partial charge is 0.507 e. The van der Waals surface area contributed by atoms with Gasteiger partial charge in [-0.2, -0.15) is 0 Å². The first-order valence-corrected chi connectivity index (χ1v) is 4.21. The second kappa shape index (κ2) is 4.84. The van der Waals surface area contributed by atoms with Gasteiger partial charge in [0.25, 0.3) is 0 Å². The van der Waals surface area contributed by atoms with Gasteiger partial charge in [0.05, 0.1) is 7.11 Å². The van der Waals surface area contributed by atoms with Gasteiger partial charge < -0.3 is 14.9 Å². The maximum atomic E-state index is 10.7. The van der Waals surface area contributed by atoms with Gasteiger partial charge >= 0.3 is 11.9 Å². The predicted molar refractivity (Wildman–Crippen MR) is 54.0 cm³/mol. The van der Waals surface area contributed by atoms with Crippen LogP contribution in [0.4, 0.5) is 0 Å². The summed E-state index contributed by atoms with van der Waals surface area (Å²) >= 11 is 0. The maximum absolute atomic E-state index is 10.7. The minimum atomic E-state index is -1.26. The van der Waals surface area contributed by atoms with E-state index in [9.17, 15) is 14.7 Å². The lowest BCUT2D eigenvalue weighted by molar-refractivity contribution is -0.133. The fraction of sp³-hybridized carbons (Fsp3) is 0.0909. The van der Waals surface area contributed by atoms with E-state index in [2.05, 4.69) is 16.6 Å². The number of carboxylic acid groups (broad SMARTS) is 1. The Kier molecular flexibility index (Phi) is 3.51. The number of benzene rings is 1. The molecule has 1 aromatic rings. The highest BCUT2D eigenvalue weighted by atomic mass is 16.5. The highest BCUT2D eigenvalue weighted by Crippen LogP contribution is 2.17. The summed E-state index contributed by atoms with van der Waals surface area (Å²) < 4.78 is 4.30. The van der Waals surface area contributed by atoms with E-state index in [1.807, 2.05) is 0 Å². The number of carbonyl (C=O) groups excluding carboxylic acids is 1. The molecule has 0 aliphatic rings. The van der Waals surface area contributed by atoms with Crippen LogP contribution < -0.4 is 0 Å². The second-order valence-electron chi connectivity index (χ2n) is 2.78. The number of aromatic hydroxyl groups is 1. The Bertz CT molecular complexity index is 493. The number of methoxy groups -OCH3 is 1. The molecule has 0 aromatic heterocycles. The van der Waals surface area contributed by atoms with Crippen molar-refractivity contribution in [1.29, 1.82) is 0 Å². The van der Waals surface area contributed by atoms with Crippen molar-refractivity contribution in [2.75, 3.05) is 7.11 Å². The van der Waals surface area contributed by atoms with Crippen LogP contribution in [0.5, 0.6) is 5.75 Å². The molecule has 0 saturated heterocycles. The Labute approximate surface area is 91.3 Å². The Balaban J connectivity index is 3.07. The number of hydrogen-bond donors (Lipinski definition) is 2. The summed E-state index contributed by atoms with van der Waals surface area (Å²) in [6.45, 7) is 0. The number of hydrogen-bond acceptors (Lipinski definition) is 4. The fourth-order valence-corrected chi connectivity index (χ4v) is 0.959. The average Bonchev–Trinajstić information content (AvgIpc) is 2.27. The number of rotatable bonds is 1. The molecule has 1 aromatic carbocycles. The molecule has 2 N–H and O–H groups in total. The number of phenols is 1. The summed E-state index contributed by atoms with van der Waals surface area (Å²) in [6, 6.07) is 3.77. The number of aromatic carboxylic acids is 1. The normalized spacial score (nSPS) is 8.81. The molecule has 0 aliphatic heterocycles. The van der Waals surface area contributed by atoms with Crippen LogP contribution in [0, 0.1) is 11.8 Å². The number of esters is 1. The van der Waals surface area contributed by atoms with Crippen LogP contribution in [-0.2, 0) is 9.53 Å². The monoisotopic (exact) mass is 220 g/mol. The van der Waals surface area contributed by atoms with Crippen molar-refractivity contribution in [2.24, 2.45) is 0 Å². The van der Waals surface area contributed by atoms with Crippen molar-refractivity contribution in [2.45, 2.75) is 0 Å². The molecule has 0 saturated carbocycles. The zero-order valence-electron chi connectivity index (χ0n) is 8.35. The number of ether oxygens (including phenoxy) is 1. The predicted octanol–water partition coefficient (Wildman–Crippen LogP) is 0.615. The molecule has 0 atom stereocenters. The Morgan fingerprint density at radius 3 is 2.62 bits per heavy atom. The fourth-order valence-electron chi connectivity index (χ4n) is 0.959. The van der Waals surface area contributed by atoms with Crippen molar-refractivity contribution < 1.29 is 24.5 Å². The molecule has 16 heavy (non-hydrogen) atoms. The van der Waals surface area contributed by atoms with Crippen LogP contribution in [0.2, 0.25) is 0 Å². The third-order valence-corrected chi connectivity index (χ3v) is 1.72. The first-order chi connectivity index (χ1) is 7.54. The van der Waals surface area contributed by atoms with Crippen LogP contribution in [0.15, 0.2) is 18.2 Å². The van der Waals surface area contributed by atoms with E-state index in [1.165, 1.54) is 25.3 Å². The first-order valence-electron chi connectivity index (χ1n) is 4.21. The van der Waals surface area contributed by atoms with Crippen molar-refractivity contribution in [3.63, 3.8) is 0 Å². The van der Waals surface area contributed by atoms with Gasteiger partial charge in [-0.3, -0.25) is 0 Å². The van der Waals surface area contributed by atoms with Gasteiger partial charge in [0, 0.05) is 11.5 Å². The molecule has 0 aliphatic carbocycles. The van der Waals surface area contributed by atoms with Crippen molar-refractivity contribution >= 4 is 11.9 Å². The highest BCUT2D eigenvalue weighted by Gasteiger charge is 2.09. The standard InChI is InChI=1S/C11H8O5/c1-16-10(13)5-3-7-2-4-9(12)8(6-7)11(14)15/h2,4,6,12H,1H3,(H,14,15). The van der Waals surface area contributed by atoms with Gasteiger partial charge in [0.2, 0.25) is 0 Å². The minimum Gasteiger partial charge on any atom is -0.507 e. The molecule has 0 bridgehead atoms. The van der Waals surface area contributed by atoms with Crippen molar-refractivity contribution in [1.82, 2.24) is 0 Å². The lowest BCUT2D eigenvalue weighted by Gasteiger charge is -1.98. The number of carbonyl (C=O) groups is 2. The summed E-state index contributed by atoms with van der Waals surface area (Å²) in [5.41, 5.74) is 0.0391. The molecule has 82 valence electrons. The lowest BCUT2D eigenvalue weighted by Crippen LogP contribution is -1.98. The van der Waals surface area contributed by atoms with Crippen molar-refractivity contribution in [3.05, 3.63) is 29.3 Å². The third kappa shape index (κ3) is 2.75. The van der Waals surface area contributed by atoms with Gasteiger partial charge in [-0.1, -0.05) is 5.92 Å². The molecule has 0 radical (unpaired) electrons. The first kappa shape index (κ1) is 11.6. The molecule has 0 heterocycles. The summed E-state index contributed by atoms with van der Waals surface area (Å²) in [4.78, 5) is 21.4. The maximum Gasteiger partial charge on any atom is 0.384 e. The van der Waals surface area contributed by atoms with E-state index < -0.39 is 11.9 Å². The molecule has 0 unspecified atom stereocenters. The van der Waals surface area contributed by atoms with E-state index in [1.54, 1.807) is 0 Å². The quantitative estimate of drug-likeness (QED) is 0.535. The highest BCUT2D eigenvalue weighted by molar-refractivity contribution is 5.92. The number of carboxylic acids is 1. The Morgan fingerprint density at radius 2 is 2.06 bits per heavy atom. The smallest absolute Gasteiger partial charge is 0.384 e. The average molecular weight is 220 g/mol. The van der Waals surface area contributed by atoms with Gasteiger partial charge in [-0.25, -0.2) is 9.59 Å². The van der Waals surface area contributed by atoms with Crippen molar-refractivity contribution in [3.8, 4) is 17.6 Å². The molecular weight excluding hydrogens is 212 g/mol. The van der Waals surface area contributed by atoms with Gasteiger partial charge in [0.15, 0.2) is 0 Å². The zero-order valence-corrected chi connectivity index (χ0v) is 8.35. The topological polar surface area (TPSA) is 83.8 Å². The van der Waals surface area contributed by atoms with Gasteiger partial charge in [-0.05, 0) is 18.2 Å². The van der Waals surface area contributed by atoms with Crippen LogP contribution in [0.1, 0.15) is 15.9 Å². The zero-order chi connectivity index (χ0) is 12.1. The van der Waals surface area contributed by atoms with Gasteiger partial charge in [0.1, 0.15) is 11.3 Å². The molecular formula is C11H8O5. The third-order valence-electron chi connectivity index (χ3n) is 1.72. The van der Waals surface area contributed by atoms with Crippen LogP contribution >= 0.6 is 0 Å². The van der Waals surface area contributed by atoms with Crippen LogP contribution in [0.25, 0.3) is 0 Å². The molecule has 0 amide bonds. The van der Waals surface area contributed by atoms with E-state index in [0.717, 1.165) is 0 Å².